The molecular formula is C16H22N4. The highest BCUT2D eigenvalue weighted by atomic mass is 15.2. The van der Waals surface area contributed by atoms with Crippen molar-refractivity contribution in [3.63, 3.8) is 0 Å². The number of aromatic nitrogens is 2. The van der Waals surface area contributed by atoms with Crippen LogP contribution < -0.4 is 10.2 Å². The Hall–Kier alpha value is -2.10. The Morgan fingerprint density at radius 2 is 1.95 bits per heavy atom. The Morgan fingerprint density at radius 3 is 2.65 bits per heavy atom. The summed E-state index contributed by atoms with van der Waals surface area (Å²) >= 11 is 0. The molecule has 1 aromatic heterocycles. The molecular weight excluding hydrogens is 248 g/mol. The molecule has 0 aliphatic carbocycles. The van der Waals surface area contributed by atoms with E-state index in [-0.39, 0.29) is 0 Å². The third-order valence-electron chi connectivity index (χ3n) is 3.21. The van der Waals surface area contributed by atoms with Gasteiger partial charge in [-0.1, -0.05) is 25.1 Å². The van der Waals surface area contributed by atoms with E-state index in [2.05, 4.69) is 65.2 Å². The SMILES string of the molecule is CCCNc1cc(N(CC)c2ccccc2C)ncn1. The molecule has 0 bridgehead atoms. The number of aryl methyl sites for hydroxylation is 1. The molecule has 0 aliphatic rings. The molecule has 0 amide bonds. The van der Waals surface area contributed by atoms with Crippen LogP contribution in [-0.4, -0.2) is 23.1 Å². The van der Waals surface area contributed by atoms with Gasteiger partial charge in [0.15, 0.2) is 0 Å². The largest absolute Gasteiger partial charge is 0.370 e. The summed E-state index contributed by atoms with van der Waals surface area (Å²) in [6, 6.07) is 10.4. The number of hydrogen-bond donors (Lipinski definition) is 1. The standard InChI is InChI=1S/C16H22N4/c1-4-10-17-15-11-16(19-12-18-15)20(5-2)14-9-7-6-8-13(14)3/h6-9,11-12H,4-5,10H2,1-3H3,(H,17,18,19). The first-order valence-corrected chi connectivity index (χ1v) is 7.15. The van der Waals surface area contributed by atoms with Gasteiger partial charge in [-0.05, 0) is 31.9 Å². The summed E-state index contributed by atoms with van der Waals surface area (Å²) in [4.78, 5) is 10.9. The van der Waals surface area contributed by atoms with Gasteiger partial charge in [0.05, 0.1) is 0 Å². The number of rotatable bonds is 6. The van der Waals surface area contributed by atoms with Gasteiger partial charge >= 0.3 is 0 Å². The smallest absolute Gasteiger partial charge is 0.138 e. The number of nitrogens with zero attached hydrogens (tertiary/aromatic N) is 3. The lowest BCUT2D eigenvalue weighted by Gasteiger charge is -2.24. The van der Waals surface area contributed by atoms with Gasteiger partial charge in [0, 0.05) is 24.8 Å². The summed E-state index contributed by atoms with van der Waals surface area (Å²) in [5.41, 5.74) is 2.44. The molecule has 4 heteroatoms. The highest BCUT2D eigenvalue weighted by molar-refractivity contribution is 5.65. The molecule has 1 heterocycles. The van der Waals surface area contributed by atoms with Crippen LogP contribution in [0.1, 0.15) is 25.8 Å². The summed E-state index contributed by atoms with van der Waals surface area (Å²) in [7, 11) is 0. The summed E-state index contributed by atoms with van der Waals surface area (Å²) in [5.74, 6) is 1.80. The maximum absolute atomic E-state index is 4.41. The number of para-hydroxylation sites is 1. The van der Waals surface area contributed by atoms with Crippen molar-refractivity contribution in [2.45, 2.75) is 27.2 Å². The molecule has 1 N–H and O–H groups in total. The zero-order valence-corrected chi connectivity index (χ0v) is 12.4. The van der Waals surface area contributed by atoms with E-state index in [0.717, 1.165) is 31.1 Å². The summed E-state index contributed by atoms with van der Waals surface area (Å²) in [6.45, 7) is 8.19. The molecule has 0 aliphatic heterocycles. The molecule has 0 saturated carbocycles. The average Bonchev–Trinajstić information content (AvgIpc) is 2.48. The Morgan fingerprint density at radius 1 is 1.15 bits per heavy atom. The van der Waals surface area contributed by atoms with Crippen LogP contribution in [0.3, 0.4) is 0 Å². The van der Waals surface area contributed by atoms with Gasteiger partial charge < -0.3 is 10.2 Å². The maximum Gasteiger partial charge on any atom is 0.138 e. The molecule has 0 unspecified atom stereocenters. The molecule has 20 heavy (non-hydrogen) atoms. The van der Waals surface area contributed by atoms with E-state index in [1.807, 2.05) is 6.07 Å². The van der Waals surface area contributed by atoms with Gasteiger partial charge in [-0.3, -0.25) is 0 Å². The first-order valence-electron chi connectivity index (χ1n) is 7.15. The molecule has 0 spiro atoms. The van der Waals surface area contributed by atoms with Crippen molar-refractivity contribution in [3.05, 3.63) is 42.2 Å². The number of hydrogen-bond acceptors (Lipinski definition) is 4. The summed E-state index contributed by atoms with van der Waals surface area (Å²) < 4.78 is 0. The quantitative estimate of drug-likeness (QED) is 0.867. The first kappa shape index (κ1) is 14.3. The summed E-state index contributed by atoms with van der Waals surface area (Å²) in [6.07, 6.45) is 2.70. The number of nitrogens with one attached hydrogen (secondary N) is 1. The van der Waals surface area contributed by atoms with E-state index in [4.69, 9.17) is 0 Å². The molecule has 1 aromatic carbocycles. The predicted octanol–water partition coefficient (Wildman–Crippen LogP) is 3.76. The molecule has 2 rings (SSSR count). The fraction of sp³-hybridized carbons (Fsp3) is 0.375. The second-order valence-corrected chi connectivity index (χ2v) is 4.72. The summed E-state index contributed by atoms with van der Waals surface area (Å²) in [5, 5.41) is 3.30. The Kier molecular flexibility index (Phi) is 4.93. The van der Waals surface area contributed by atoms with Crippen molar-refractivity contribution in [1.29, 1.82) is 0 Å². The minimum atomic E-state index is 0.870. The third kappa shape index (κ3) is 3.26. The van der Waals surface area contributed by atoms with Crippen molar-refractivity contribution in [1.82, 2.24) is 9.97 Å². The van der Waals surface area contributed by atoms with Crippen LogP contribution in [0.4, 0.5) is 17.3 Å². The van der Waals surface area contributed by atoms with E-state index in [9.17, 15) is 0 Å². The molecule has 0 radical (unpaired) electrons. The van der Waals surface area contributed by atoms with E-state index < -0.39 is 0 Å². The normalized spacial score (nSPS) is 10.3. The Labute approximate surface area is 120 Å². The molecule has 0 atom stereocenters. The predicted molar refractivity (Wildman–Crippen MR) is 84.7 cm³/mol. The zero-order chi connectivity index (χ0) is 14.4. The van der Waals surface area contributed by atoms with Crippen molar-refractivity contribution in [3.8, 4) is 0 Å². The molecule has 106 valence electrons. The second kappa shape index (κ2) is 6.89. The number of benzene rings is 1. The topological polar surface area (TPSA) is 41.0 Å². The van der Waals surface area contributed by atoms with Gasteiger partial charge in [0.25, 0.3) is 0 Å². The van der Waals surface area contributed by atoms with Gasteiger partial charge in [-0.25, -0.2) is 9.97 Å². The Bertz CT molecular complexity index is 554. The first-order chi connectivity index (χ1) is 9.76. The van der Waals surface area contributed by atoms with Crippen LogP contribution in [0.2, 0.25) is 0 Å². The van der Waals surface area contributed by atoms with Crippen molar-refractivity contribution in [2.24, 2.45) is 0 Å². The number of anilines is 3. The Balaban J connectivity index is 2.30. The third-order valence-corrected chi connectivity index (χ3v) is 3.21. The highest BCUT2D eigenvalue weighted by Crippen LogP contribution is 2.27. The monoisotopic (exact) mass is 270 g/mol. The minimum absolute atomic E-state index is 0.870. The lowest BCUT2D eigenvalue weighted by atomic mass is 10.2. The highest BCUT2D eigenvalue weighted by Gasteiger charge is 2.11. The van der Waals surface area contributed by atoms with Crippen molar-refractivity contribution >= 4 is 17.3 Å². The molecule has 2 aromatic rings. The van der Waals surface area contributed by atoms with Crippen molar-refractivity contribution < 1.29 is 0 Å². The lowest BCUT2D eigenvalue weighted by molar-refractivity contribution is 0.947. The van der Waals surface area contributed by atoms with Crippen molar-refractivity contribution in [2.75, 3.05) is 23.3 Å². The molecule has 4 nitrogen and oxygen atoms in total. The van der Waals surface area contributed by atoms with Gasteiger partial charge in [-0.15, -0.1) is 0 Å². The average molecular weight is 270 g/mol. The van der Waals surface area contributed by atoms with E-state index in [0.29, 0.717) is 0 Å². The lowest BCUT2D eigenvalue weighted by Crippen LogP contribution is -2.18. The van der Waals surface area contributed by atoms with Crippen LogP contribution in [0.15, 0.2) is 36.7 Å². The van der Waals surface area contributed by atoms with E-state index in [1.54, 1.807) is 6.33 Å². The molecule has 0 fully saturated rings. The van der Waals surface area contributed by atoms with Crippen LogP contribution >= 0.6 is 0 Å². The van der Waals surface area contributed by atoms with Gasteiger partial charge in [0.2, 0.25) is 0 Å². The zero-order valence-electron chi connectivity index (χ0n) is 12.4. The molecule has 0 saturated heterocycles. The van der Waals surface area contributed by atoms with Gasteiger partial charge in [0.1, 0.15) is 18.0 Å². The van der Waals surface area contributed by atoms with Crippen LogP contribution in [0.5, 0.6) is 0 Å². The van der Waals surface area contributed by atoms with E-state index >= 15 is 0 Å². The fourth-order valence-electron chi connectivity index (χ4n) is 2.17. The van der Waals surface area contributed by atoms with Crippen LogP contribution in [0.25, 0.3) is 0 Å². The fourth-order valence-corrected chi connectivity index (χ4v) is 2.17. The minimum Gasteiger partial charge on any atom is -0.370 e. The maximum atomic E-state index is 4.41. The van der Waals surface area contributed by atoms with Crippen LogP contribution in [0, 0.1) is 6.92 Å². The van der Waals surface area contributed by atoms with Gasteiger partial charge in [-0.2, -0.15) is 0 Å². The second-order valence-electron chi connectivity index (χ2n) is 4.72. The van der Waals surface area contributed by atoms with E-state index in [1.165, 1.54) is 11.3 Å². The van der Waals surface area contributed by atoms with Crippen LogP contribution in [-0.2, 0) is 0 Å².